The molecule has 0 bridgehead atoms. The average Bonchev–Trinajstić information content (AvgIpc) is 2.09. The van der Waals surface area contributed by atoms with Crippen molar-refractivity contribution in [2.75, 3.05) is 20.0 Å². The zero-order chi connectivity index (χ0) is 9.78. The molecule has 0 fully saturated rings. The standard InChI is InChI=1S/C4H7ClN2.CH4O3S/c1-6-2-3-7(5)4-6;1-5(2,3)4/h2-3H,4H2,1H3;1H3,(H,2,3,4). The average molecular weight is 215 g/mol. The summed E-state index contributed by atoms with van der Waals surface area (Å²) in [5, 5.41) is 0. The van der Waals surface area contributed by atoms with E-state index < -0.39 is 10.1 Å². The second-order valence-corrected chi connectivity index (χ2v) is 4.23. The topological polar surface area (TPSA) is 60.9 Å². The molecular weight excluding hydrogens is 204 g/mol. The first-order chi connectivity index (χ1) is 5.29. The van der Waals surface area contributed by atoms with Crippen molar-refractivity contribution in [3.05, 3.63) is 12.4 Å². The highest BCUT2D eigenvalue weighted by atomic mass is 35.5. The van der Waals surface area contributed by atoms with Crippen LogP contribution in [0.5, 0.6) is 0 Å². The number of hydrogen-bond acceptors (Lipinski definition) is 4. The first-order valence-electron chi connectivity index (χ1n) is 3.02. The summed E-state index contributed by atoms with van der Waals surface area (Å²) in [5.74, 6) is 0. The van der Waals surface area contributed by atoms with Crippen LogP contribution in [0.1, 0.15) is 0 Å². The lowest BCUT2D eigenvalue weighted by atomic mass is 10.9. The Bertz CT molecular complexity index is 233. The quantitative estimate of drug-likeness (QED) is 0.465. The second-order valence-electron chi connectivity index (χ2n) is 2.33. The van der Waals surface area contributed by atoms with E-state index in [9.17, 15) is 8.42 Å². The zero-order valence-corrected chi connectivity index (χ0v) is 8.38. The summed E-state index contributed by atoms with van der Waals surface area (Å²) in [4.78, 5) is 1.99. The molecule has 5 nitrogen and oxygen atoms in total. The summed E-state index contributed by atoms with van der Waals surface area (Å²) in [7, 11) is -1.70. The highest BCUT2D eigenvalue weighted by Gasteiger charge is 2.02. The molecule has 1 aliphatic heterocycles. The lowest BCUT2D eigenvalue weighted by molar-refractivity contribution is 0.403. The van der Waals surface area contributed by atoms with E-state index in [4.69, 9.17) is 16.3 Å². The fraction of sp³-hybridized carbons (Fsp3) is 0.600. The van der Waals surface area contributed by atoms with Crippen molar-refractivity contribution in [3.8, 4) is 0 Å². The van der Waals surface area contributed by atoms with E-state index in [-0.39, 0.29) is 0 Å². The second kappa shape index (κ2) is 4.54. The van der Waals surface area contributed by atoms with Gasteiger partial charge in [-0.2, -0.15) is 8.42 Å². The van der Waals surface area contributed by atoms with Gasteiger partial charge in [-0.25, -0.2) is 0 Å². The number of hydrogen-bond donors (Lipinski definition) is 1. The SMILES string of the molecule is CN1C=CN(Cl)C1.CS(=O)(=O)O. The molecule has 72 valence electrons. The predicted octanol–water partition coefficient (Wildman–Crippen LogP) is 0.320. The Morgan fingerprint density at radius 1 is 1.50 bits per heavy atom. The van der Waals surface area contributed by atoms with Crippen LogP contribution in [0.4, 0.5) is 0 Å². The normalized spacial score (nSPS) is 16.0. The van der Waals surface area contributed by atoms with Crippen LogP contribution in [0, 0.1) is 0 Å². The van der Waals surface area contributed by atoms with Gasteiger partial charge in [-0.05, 0) is 0 Å². The van der Waals surface area contributed by atoms with Crippen molar-refractivity contribution in [1.82, 2.24) is 9.32 Å². The Balaban J connectivity index is 0.000000217. The fourth-order valence-corrected chi connectivity index (χ4v) is 0.713. The van der Waals surface area contributed by atoms with Crippen molar-refractivity contribution >= 4 is 21.9 Å². The molecule has 0 amide bonds. The van der Waals surface area contributed by atoms with Crippen LogP contribution in [0.3, 0.4) is 0 Å². The molecule has 0 radical (unpaired) electrons. The van der Waals surface area contributed by atoms with Crippen molar-refractivity contribution in [2.45, 2.75) is 0 Å². The molecule has 1 rings (SSSR count). The van der Waals surface area contributed by atoms with E-state index in [2.05, 4.69) is 0 Å². The summed E-state index contributed by atoms with van der Waals surface area (Å²) < 4.78 is 27.5. The maximum Gasteiger partial charge on any atom is 0.261 e. The van der Waals surface area contributed by atoms with Gasteiger partial charge in [0.05, 0.1) is 6.26 Å². The fourth-order valence-electron chi connectivity index (χ4n) is 0.494. The Labute approximate surface area is 77.1 Å². The van der Waals surface area contributed by atoms with Crippen LogP contribution in [0.2, 0.25) is 0 Å². The van der Waals surface area contributed by atoms with Crippen LogP contribution in [0.25, 0.3) is 0 Å². The van der Waals surface area contributed by atoms with E-state index in [1.807, 2.05) is 24.3 Å². The Morgan fingerprint density at radius 3 is 2.00 bits per heavy atom. The molecule has 0 saturated heterocycles. The molecule has 7 heteroatoms. The third-order valence-electron chi connectivity index (χ3n) is 0.841. The van der Waals surface area contributed by atoms with E-state index in [1.54, 1.807) is 4.42 Å². The van der Waals surface area contributed by atoms with E-state index in [0.717, 1.165) is 6.67 Å². The highest BCUT2D eigenvalue weighted by Crippen LogP contribution is 2.04. The lowest BCUT2D eigenvalue weighted by Gasteiger charge is -2.07. The molecule has 1 aliphatic rings. The van der Waals surface area contributed by atoms with E-state index >= 15 is 0 Å². The molecule has 0 atom stereocenters. The molecule has 0 unspecified atom stereocenters. The predicted molar refractivity (Wildman–Crippen MR) is 46.9 cm³/mol. The van der Waals surface area contributed by atoms with Crippen LogP contribution in [0.15, 0.2) is 12.4 Å². The minimum absolute atomic E-state index is 0.715. The van der Waals surface area contributed by atoms with Gasteiger partial charge in [0, 0.05) is 31.2 Å². The summed E-state index contributed by atoms with van der Waals surface area (Å²) >= 11 is 5.51. The number of nitrogens with zero attached hydrogens (tertiary/aromatic N) is 2. The molecule has 12 heavy (non-hydrogen) atoms. The van der Waals surface area contributed by atoms with Gasteiger partial charge in [0.25, 0.3) is 10.1 Å². The maximum absolute atomic E-state index is 9.19. The minimum Gasteiger partial charge on any atom is -0.360 e. The highest BCUT2D eigenvalue weighted by molar-refractivity contribution is 7.85. The molecule has 0 aromatic carbocycles. The zero-order valence-electron chi connectivity index (χ0n) is 6.81. The molecular formula is C5H11ClN2O3S. The minimum atomic E-state index is -3.67. The third kappa shape index (κ3) is 9.54. The van der Waals surface area contributed by atoms with Crippen LogP contribution < -0.4 is 0 Å². The molecule has 0 aliphatic carbocycles. The maximum atomic E-state index is 9.19. The number of halogens is 1. The summed E-state index contributed by atoms with van der Waals surface area (Å²) in [6.07, 6.45) is 4.46. The Hall–Kier alpha value is -0.460. The van der Waals surface area contributed by atoms with Crippen molar-refractivity contribution in [1.29, 1.82) is 0 Å². The lowest BCUT2D eigenvalue weighted by Crippen LogP contribution is -2.13. The summed E-state index contributed by atoms with van der Waals surface area (Å²) in [6.45, 7) is 0.793. The van der Waals surface area contributed by atoms with E-state index in [0.29, 0.717) is 6.26 Å². The van der Waals surface area contributed by atoms with Gasteiger partial charge in [-0.3, -0.25) is 8.97 Å². The molecule has 0 aromatic heterocycles. The van der Waals surface area contributed by atoms with Crippen LogP contribution in [-0.4, -0.2) is 42.3 Å². The van der Waals surface area contributed by atoms with Crippen molar-refractivity contribution in [2.24, 2.45) is 0 Å². The first-order valence-corrected chi connectivity index (χ1v) is 5.21. The first kappa shape index (κ1) is 11.5. The Kier molecular flexibility index (Phi) is 4.36. The van der Waals surface area contributed by atoms with Gasteiger partial charge in [0.15, 0.2) is 0 Å². The number of rotatable bonds is 0. The Morgan fingerprint density at radius 2 is 1.92 bits per heavy atom. The van der Waals surface area contributed by atoms with Gasteiger partial charge >= 0.3 is 0 Å². The smallest absolute Gasteiger partial charge is 0.261 e. The van der Waals surface area contributed by atoms with Crippen LogP contribution in [-0.2, 0) is 10.1 Å². The third-order valence-corrected chi connectivity index (χ3v) is 1.06. The molecule has 0 spiro atoms. The van der Waals surface area contributed by atoms with Crippen molar-refractivity contribution in [3.63, 3.8) is 0 Å². The summed E-state index contributed by atoms with van der Waals surface area (Å²) in [5.41, 5.74) is 0. The molecule has 1 N–H and O–H groups in total. The van der Waals surface area contributed by atoms with Crippen molar-refractivity contribution < 1.29 is 13.0 Å². The van der Waals surface area contributed by atoms with Gasteiger partial charge < -0.3 is 4.90 Å². The monoisotopic (exact) mass is 214 g/mol. The van der Waals surface area contributed by atoms with Gasteiger partial charge in [0.2, 0.25) is 0 Å². The molecule has 0 saturated carbocycles. The van der Waals surface area contributed by atoms with Crippen LogP contribution >= 0.6 is 11.8 Å². The van der Waals surface area contributed by atoms with Gasteiger partial charge in [0.1, 0.15) is 6.67 Å². The molecule has 0 aromatic rings. The largest absolute Gasteiger partial charge is 0.360 e. The van der Waals surface area contributed by atoms with E-state index in [1.165, 1.54) is 0 Å². The van der Waals surface area contributed by atoms with Gasteiger partial charge in [-0.15, -0.1) is 0 Å². The summed E-state index contributed by atoms with van der Waals surface area (Å²) in [6, 6.07) is 0. The molecule has 1 heterocycles. The van der Waals surface area contributed by atoms with Gasteiger partial charge in [-0.1, -0.05) is 0 Å².